The van der Waals surface area contributed by atoms with Crippen molar-refractivity contribution >= 4 is 16.1 Å². The summed E-state index contributed by atoms with van der Waals surface area (Å²) in [4.78, 5) is 10.7. The van der Waals surface area contributed by atoms with E-state index in [2.05, 4.69) is 4.74 Å². The van der Waals surface area contributed by atoms with Crippen molar-refractivity contribution in [3.05, 3.63) is 0 Å². The Kier molecular flexibility index (Phi) is 6.17. The number of hydrogen-bond donors (Lipinski definition) is 2. The molecule has 0 bridgehead atoms. The van der Waals surface area contributed by atoms with Gasteiger partial charge in [-0.25, -0.2) is 17.9 Å². The molecule has 0 radical (unpaired) electrons. The standard InChI is InChI=1S/C6H13NO6S/c1-14(10,11)7-6(9)13-5-4-12-3-2-8/h8H,2-5H2,1H3,(H,7,9). The summed E-state index contributed by atoms with van der Waals surface area (Å²) in [6.45, 7) is 0.0751. The van der Waals surface area contributed by atoms with E-state index in [4.69, 9.17) is 9.84 Å². The van der Waals surface area contributed by atoms with Crippen LogP contribution in [-0.2, 0) is 19.5 Å². The van der Waals surface area contributed by atoms with Gasteiger partial charge in [0.15, 0.2) is 0 Å². The minimum Gasteiger partial charge on any atom is -0.446 e. The molecule has 84 valence electrons. The van der Waals surface area contributed by atoms with E-state index in [1.807, 2.05) is 0 Å². The summed E-state index contributed by atoms with van der Waals surface area (Å²) in [6, 6.07) is 0. The number of carbonyl (C=O) groups excluding carboxylic acids is 1. The lowest BCUT2D eigenvalue weighted by molar-refractivity contribution is 0.0551. The smallest absolute Gasteiger partial charge is 0.420 e. The first-order chi connectivity index (χ1) is 6.45. The molecule has 1 amide bonds. The van der Waals surface area contributed by atoms with Crippen LogP contribution in [0.25, 0.3) is 0 Å². The van der Waals surface area contributed by atoms with Crippen molar-refractivity contribution in [1.82, 2.24) is 4.72 Å². The number of aliphatic hydroxyl groups is 1. The van der Waals surface area contributed by atoms with Gasteiger partial charge in [-0.3, -0.25) is 0 Å². The van der Waals surface area contributed by atoms with Gasteiger partial charge in [0, 0.05) is 0 Å². The molecule has 0 aliphatic carbocycles. The topological polar surface area (TPSA) is 102 Å². The molecule has 7 nitrogen and oxygen atoms in total. The maximum Gasteiger partial charge on any atom is 0.420 e. The minimum absolute atomic E-state index is 0.0681. The van der Waals surface area contributed by atoms with Gasteiger partial charge in [0.05, 0.1) is 26.1 Å². The maximum absolute atomic E-state index is 10.7. The normalized spacial score (nSPS) is 11.0. The fraction of sp³-hybridized carbons (Fsp3) is 0.833. The molecular weight excluding hydrogens is 214 g/mol. The highest BCUT2D eigenvalue weighted by Gasteiger charge is 2.08. The van der Waals surface area contributed by atoms with E-state index in [9.17, 15) is 13.2 Å². The van der Waals surface area contributed by atoms with Gasteiger partial charge in [-0.2, -0.15) is 0 Å². The molecule has 0 saturated carbocycles. The summed E-state index contributed by atoms with van der Waals surface area (Å²) in [7, 11) is -3.58. The number of hydrogen-bond acceptors (Lipinski definition) is 6. The number of amides is 1. The van der Waals surface area contributed by atoms with Crippen molar-refractivity contribution < 1.29 is 27.8 Å². The third-order valence-corrected chi connectivity index (χ3v) is 1.50. The zero-order valence-electron chi connectivity index (χ0n) is 7.73. The van der Waals surface area contributed by atoms with E-state index >= 15 is 0 Å². The van der Waals surface area contributed by atoms with Crippen LogP contribution in [0.4, 0.5) is 4.79 Å². The first-order valence-corrected chi connectivity index (χ1v) is 5.68. The zero-order valence-corrected chi connectivity index (χ0v) is 8.54. The average molecular weight is 227 g/mol. The summed E-state index contributed by atoms with van der Waals surface area (Å²) in [5, 5.41) is 8.30. The van der Waals surface area contributed by atoms with Crippen molar-refractivity contribution in [3.63, 3.8) is 0 Å². The first-order valence-electron chi connectivity index (χ1n) is 3.79. The Bertz CT molecular complexity index is 261. The van der Waals surface area contributed by atoms with Crippen LogP contribution in [0.2, 0.25) is 0 Å². The fourth-order valence-electron chi connectivity index (χ4n) is 0.541. The number of carbonyl (C=O) groups is 1. The average Bonchev–Trinajstić information content (AvgIpc) is 2.00. The highest BCUT2D eigenvalue weighted by atomic mass is 32.2. The number of sulfonamides is 1. The Labute approximate surface area is 82.1 Å². The third kappa shape index (κ3) is 9.23. The van der Waals surface area contributed by atoms with Gasteiger partial charge in [-0.05, 0) is 0 Å². The molecule has 0 aliphatic heterocycles. The van der Waals surface area contributed by atoms with Crippen LogP contribution < -0.4 is 4.72 Å². The molecule has 0 heterocycles. The highest BCUT2D eigenvalue weighted by molar-refractivity contribution is 7.89. The van der Waals surface area contributed by atoms with Gasteiger partial charge < -0.3 is 14.6 Å². The van der Waals surface area contributed by atoms with Crippen LogP contribution in [-0.4, -0.2) is 52.3 Å². The summed E-state index contributed by atoms with van der Waals surface area (Å²) in [5.74, 6) is 0. The lowest BCUT2D eigenvalue weighted by Crippen LogP contribution is -2.30. The lowest BCUT2D eigenvalue weighted by Gasteiger charge is -2.05. The number of rotatable bonds is 6. The van der Waals surface area contributed by atoms with Crippen LogP contribution in [0.5, 0.6) is 0 Å². The largest absolute Gasteiger partial charge is 0.446 e. The third-order valence-electron chi connectivity index (χ3n) is 0.965. The molecule has 0 saturated heterocycles. The number of nitrogens with one attached hydrogen (secondary N) is 1. The SMILES string of the molecule is CS(=O)(=O)NC(=O)OCCOCCO. The summed E-state index contributed by atoms with van der Waals surface area (Å²) in [5.41, 5.74) is 0. The van der Waals surface area contributed by atoms with E-state index in [1.54, 1.807) is 4.72 Å². The van der Waals surface area contributed by atoms with E-state index in [1.165, 1.54) is 0 Å². The van der Waals surface area contributed by atoms with Gasteiger partial charge >= 0.3 is 6.09 Å². The van der Waals surface area contributed by atoms with E-state index < -0.39 is 16.1 Å². The van der Waals surface area contributed by atoms with Crippen molar-refractivity contribution in [2.45, 2.75) is 0 Å². The van der Waals surface area contributed by atoms with Gasteiger partial charge in [-0.15, -0.1) is 0 Å². The Hall–Kier alpha value is -0.860. The molecule has 0 fully saturated rings. The van der Waals surface area contributed by atoms with Crippen molar-refractivity contribution in [2.24, 2.45) is 0 Å². The number of aliphatic hydroxyl groups excluding tert-OH is 1. The predicted octanol–water partition coefficient (Wildman–Crippen LogP) is -1.32. The second-order valence-corrected chi connectivity index (χ2v) is 4.09. The second-order valence-electron chi connectivity index (χ2n) is 2.35. The molecule has 0 aromatic carbocycles. The number of ether oxygens (including phenoxy) is 2. The van der Waals surface area contributed by atoms with Gasteiger partial charge in [0.1, 0.15) is 6.61 Å². The minimum atomic E-state index is -3.58. The van der Waals surface area contributed by atoms with E-state index in [0.717, 1.165) is 6.26 Å². The van der Waals surface area contributed by atoms with Crippen LogP contribution in [0.3, 0.4) is 0 Å². The monoisotopic (exact) mass is 227 g/mol. The Morgan fingerprint density at radius 3 is 2.50 bits per heavy atom. The molecule has 2 N–H and O–H groups in total. The highest BCUT2D eigenvalue weighted by Crippen LogP contribution is 1.82. The van der Waals surface area contributed by atoms with Crippen LogP contribution in [0.1, 0.15) is 0 Å². The Balaban J connectivity index is 3.46. The molecule has 8 heteroatoms. The second kappa shape index (κ2) is 6.57. The van der Waals surface area contributed by atoms with Gasteiger partial charge in [0.25, 0.3) is 0 Å². The molecule has 0 aromatic rings. The molecule has 0 aliphatic rings. The summed E-state index contributed by atoms with van der Waals surface area (Å²) < 4.78 is 31.8. The first kappa shape index (κ1) is 13.1. The molecule has 0 aromatic heterocycles. The quantitative estimate of drug-likeness (QED) is 0.546. The van der Waals surface area contributed by atoms with Crippen LogP contribution >= 0.6 is 0 Å². The molecule has 0 rings (SSSR count). The lowest BCUT2D eigenvalue weighted by atomic mass is 10.7. The molecule has 0 unspecified atom stereocenters. The van der Waals surface area contributed by atoms with Crippen LogP contribution in [0.15, 0.2) is 0 Å². The zero-order chi connectivity index (χ0) is 11.0. The molecule has 14 heavy (non-hydrogen) atoms. The summed E-state index contributed by atoms with van der Waals surface area (Å²) in [6.07, 6.45) is -0.198. The fourth-order valence-corrected chi connectivity index (χ4v) is 0.902. The molecule has 0 spiro atoms. The summed E-state index contributed by atoms with van der Waals surface area (Å²) >= 11 is 0. The van der Waals surface area contributed by atoms with Crippen LogP contribution in [0, 0.1) is 0 Å². The van der Waals surface area contributed by atoms with Gasteiger partial charge in [0.2, 0.25) is 10.0 Å². The Morgan fingerprint density at radius 1 is 1.36 bits per heavy atom. The molecule has 0 atom stereocenters. The van der Waals surface area contributed by atoms with Crippen molar-refractivity contribution in [2.75, 3.05) is 32.7 Å². The molecular formula is C6H13NO6S. The van der Waals surface area contributed by atoms with E-state index in [0.29, 0.717) is 0 Å². The maximum atomic E-state index is 10.7. The van der Waals surface area contributed by atoms with Crippen molar-refractivity contribution in [3.8, 4) is 0 Å². The van der Waals surface area contributed by atoms with E-state index in [-0.39, 0.29) is 26.4 Å². The van der Waals surface area contributed by atoms with Crippen molar-refractivity contribution in [1.29, 1.82) is 0 Å². The van der Waals surface area contributed by atoms with Gasteiger partial charge in [-0.1, -0.05) is 0 Å². The predicted molar refractivity (Wildman–Crippen MR) is 47.2 cm³/mol. The Morgan fingerprint density at radius 2 is 2.00 bits per heavy atom.